The van der Waals surface area contributed by atoms with Gasteiger partial charge in [-0.05, 0) is 24.3 Å². The third kappa shape index (κ3) is 3.30. The number of aromatic nitrogens is 1. The fourth-order valence-corrected chi connectivity index (χ4v) is 2.59. The number of ether oxygens (including phenoxy) is 3. The Morgan fingerprint density at radius 2 is 1.96 bits per heavy atom. The molecule has 0 saturated carbocycles. The zero-order valence-corrected chi connectivity index (χ0v) is 13.8. The lowest BCUT2D eigenvalue weighted by molar-refractivity contribution is -0.385. The van der Waals surface area contributed by atoms with E-state index in [1.54, 1.807) is 24.3 Å². The van der Waals surface area contributed by atoms with Gasteiger partial charge in [0.05, 0.1) is 4.92 Å². The number of hydrogen-bond donors (Lipinski definition) is 0. The van der Waals surface area contributed by atoms with Gasteiger partial charge in [-0.2, -0.15) is 0 Å². The lowest BCUT2D eigenvalue weighted by Crippen LogP contribution is -2.08. The molecule has 4 rings (SSSR count). The van der Waals surface area contributed by atoms with E-state index in [1.165, 1.54) is 24.3 Å². The highest BCUT2D eigenvalue weighted by molar-refractivity contribution is 5.93. The molecule has 0 N–H and O–H groups in total. The Morgan fingerprint density at radius 3 is 2.81 bits per heavy atom. The van der Waals surface area contributed by atoms with Gasteiger partial charge in [-0.25, -0.2) is 4.79 Å². The number of nitro groups is 1. The Morgan fingerprint density at radius 1 is 1.15 bits per heavy atom. The smallest absolute Gasteiger partial charge is 0.345 e. The van der Waals surface area contributed by atoms with Crippen LogP contribution in [0.4, 0.5) is 5.69 Å². The minimum absolute atomic E-state index is 0.123. The van der Waals surface area contributed by atoms with Crippen molar-refractivity contribution < 1.29 is 28.5 Å². The van der Waals surface area contributed by atoms with Crippen LogP contribution in [0.15, 0.2) is 53.1 Å². The summed E-state index contributed by atoms with van der Waals surface area (Å²) in [7, 11) is 0. The van der Waals surface area contributed by atoms with Crippen molar-refractivity contribution in [2.45, 2.75) is 6.61 Å². The molecule has 0 radical (unpaired) electrons. The quantitative estimate of drug-likeness (QED) is 0.383. The monoisotopic (exact) mass is 368 g/mol. The maximum atomic E-state index is 12.1. The second-order valence-corrected chi connectivity index (χ2v) is 5.60. The van der Waals surface area contributed by atoms with Gasteiger partial charge in [0.1, 0.15) is 17.9 Å². The number of nitro benzene ring substituents is 1. The number of hydrogen-bond acceptors (Lipinski definition) is 8. The maximum Gasteiger partial charge on any atom is 0.345 e. The lowest BCUT2D eigenvalue weighted by atomic mass is 10.1. The van der Waals surface area contributed by atoms with Gasteiger partial charge in [0, 0.05) is 17.7 Å². The van der Waals surface area contributed by atoms with Gasteiger partial charge in [0.2, 0.25) is 6.79 Å². The van der Waals surface area contributed by atoms with E-state index in [-0.39, 0.29) is 24.7 Å². The number of esters is 1. The summed E-state index contributed by atoms with van der Waals surface area (Å²) in [6.07, 6.45) is 0. The predicted molar refractivity (Wildman–Crippen MR) is 90.3 cm³/mol. The van der Waals surface area contributed by atoms with Crippen LogP contribution in [0.3, 0.4) is 0 Å². The second kappa shape index (κ2) is 6.79. The fraction of sp³-hybridized carbons (Fsp3) is 0.111. The van der Waals surface area contributed by atoms with Crippen LogP contribution in [0.1, 0.15) is 16.1 Å². The van der Waals surface area contributed by atoms with E-state index in [0.29, 0.717) is 23.0 Å². The Labute approximate surface area is 152 Å². The lowest BCUT2D eigenvalue weighted by Gasteiger charge is -2.03. The van der Waals surface area contributed by atoms with E-state index >= 15 is 0 Å². The Kier molecular flexibility index (Phi) is 4.17. The number of carbonyl (C=O) groups excluding carboxylic acids is 1. The van der Waals surface area contributed by atoms with Crippen molar-refractivity contribution >= 4 is 11.7 Å². The highest BCUT2D eigenvalue weighted by Crippen LogP contribution is 2.36. The molecule has 1 aromatic heterocycles. The van der Waals surface area contributed by atoms with Gasteiger partial charge in [-0.3, -0.25) is 10.1 Å². The van der Waals surface area contributed by atoms with Crippen LogP contribution in [-0.2, 0) is 11.3 Å². The number of carbonyl (C=O) groups is 1. The summed E-state index contributed by atoms with van der Waals surface area (Å²) in [5.41, 5.74) is 0.656. The number of nitrogens with zero attached hydrogens (tertiary/aromatic N) is 2. The molecule has 1 aliphatic rings. The van der Waals surface area contributed by atoms with E-state index < -0.39 is 10.9 Å². The molecular formula is C18H12N2O7. The summed E-state index contributed by atoms with van der Waals surface area (Å²) in [6.45, 7) is -0.0129. The first-order valence-electron chi connectivity index (χ1n) is 7.88. The number of rotatable bonds is 5. The van der Waals surface area contributed by atoms with Crippen molar-refractivity contribution in [2.24, 2.45) is 0 Å². The van der Waals surface area contributed by atoms with Crippen LogP contribution in [0.5, 0.6) is 11.5 Å². The molecule has 0 spiro atoms. The van der Waals surface area contributed by atoms with Crippen molar-refractivity contribution in [1.29, 1.82) is 0 Å². The predicted octanol–water partition coefficient (Wildman–Crippen LogP) is 3.34. The maximum absolute atomic E-state index is 12.1. The van der Waals surface area contributed by atoms with Crippen LogP contribution in [0.25, 0.3) is 11.3 Å². The van der Waals surface area contributed by atoms with Gasteiger partial charge in [-0.1, -0.05) is 17.3 Å². The molecule has 1 aliphatic heterocycles. The molecule has 0 atom stereocenters. The molecule has 9 nitrogen and oxygen atoms in total. The first kappa shape index (κ1) is 16.6. The van der Waals surface area contributed by atoms with E-state index in [0.717, 1.165) is 5.56 Å². The van der Waals surface area contributed by atoms with E-state index in [4.69, 9.17) is 18.7 Å². The summed E-state index contributed by atoms with van der Waals surface area (Å²) in [6, 6.07) is 12.5. The SMILES string of the molecule is O=C(OCc1cc(-c2ccc3c(c2)OCO3)on1)c1ccccc1[N+](=O)[O-]. The highest BCUT2D eigenvalue weighted by Gasteiger charge is 2.21. The molecule has 27 heavy (non-hydrogen) atoms. The number of para-hydroxylation sites is 1. The first-order valence-corrected chi connectivity index (χ1v) is 7.88. The van der Waals surface area contributed by atoms with E-state index in [9.17, 15) is 14.9 Å². The second-order valence-electron chi connectivity index (χ2n) is 5.60. The van der Waals surface area contributed by atoms with Crippen LogP contribution >= 0.6 is 0 Å². The number of benzene rings is 2. The topological polar surface area (TPSA) is 114 Å². The summed E-state index contributed by atoms with van der Waals surface area (Å²) in [5.74, 6) is 0.908. The third-order valence-corrected chi connectivity index (χ3v) is 3.89. The van der Waals surface area contributed by atoms with Crippen molar-refractivity contribution in [3.8, 4) is 22.8 Å². The van der Waals surface area contributed by atoms with Gasteiger partial charge < -0.3 is 18.7 Å². The van der Waals surface area contributed by atoms with Crippen molar-refractivity contribution in [3.63, 3.8) is 0 Å². The number of fused-ring (bicyclic) bond motifs is 1. The summed E-state index contributed by atoms with van der Waals surface area (Å²) >= 11 is 0. The normalized spacial score (nSPS) is 12.0. The van der Waals surface area contributed by atoms with Crippen molar-refractivity contribution in [3.05, 3.63) is 69.9 Å². The molecule has 2 heterocycles. The zero-order chi connectivity index (χ0) is 18.8. The average molecular weight is 368 g/mol. The van der Waals surface area contributed by atoms with E-state index in [2.05, 4.69) is 5.16 Å². The molecule has 0 aliphatic carbocycles. The minimum Gasteiger partial charge on any atom is -0.455 e. The summed E-state index contributed by atoms with van der Waals surface area (Å²) in [4.78, 5) is 22.5. The molecule has 136 valence electrons. The van der Waals surface area contributed by atoms with Crippen molar-refractivity contribution in [2.75, 3.05) is 6.79 Å². The van der Waals surface area contributed by atoms with Crippen LogP contribution < -0.4 is 9.47 Å². The molecule has 0 amide bonds. The first-order chi connectivity index (χ1) is 13.1. The summed E-state index contributed by atoms with van der Waals surface area (Å²) in [5, 5.41) is 14.8. The molecule has 0 fully saturated rings. The summed E-state index contributed by atoms with van der Waals surface area (Å²) < 4.78 is 21.0. The Hall–Kier alpha value is -3.88. The van der Waals surface area contributed by atoms with Gasteiger partial charge in [0.15, 0.2) is 17.3 Å². The molecule has 0 saturated heterocycles. The minimum atomic E-state index is -0.810. The van der Waals surface area contributed by atoms with Crippen LogP contribution in [-0.4, -0.2) is 22.8 Å². The van der Waals surface area contributed by atoms with Crippen LogP contribution in [0, 0.1) is 10.1 Å². The molecule has 9 heteroatoms. The largest absolute Gasteiger partial charge is 0.455 e. The van der Waals surface area contributed by atoms with Crippen LogP contribution in [0.2, 0.25) is 0 Å². The Bertz CT molecular complexity index is 1030. The average Bonchev–Trinajstić information content (AvgIpc) is 3.34. The third-order valence-electron chi connectivity index (χ3n) is 3.89. The highest BCUT2D eigenvalue weighted by atomic mass is 16.7. The Balaban J connectivity index is 1.46. The fourth-order valence-electron chi connectivity index (χ4n) is 2.59. The molecule has 3 aromatic rings. The van der Waals surface area contributed by atoms with Gasteiger partial charge in [-0.15, -0.1) is 0 Å². The van der Waals surface area contributed by atoms with Gasteiger partial charge >= 0.3 is 5.97 Å². The standard InChI is InChI=1S/C18H12N2O7/c21-18(13-3-1-2-4-14(13)20(22)23)24-9-12-8-16(27-19-12)11-5-6-15-17(7-11)26-10-25-15/h1-8H,9-10H2. The van der Waals surface area contributed by atoms with Gasteiger partial charge in [0.25, 0.3) is 5.69 Å². The zero-order valence-electron chi connectivity index (χ0n) is 13.8. The van der Waals surface area contributed by atoms with Crippen molar-refractivity contribution in [1.82, 2.24) is 5.16 Å². The molecule has 0 unspecified atom stereocenters. The molecule has 2 aromatic carbocycles. The molecule has 0 bridgehead atoms. The molecular weight excluding hydrogens is 356 g/mol. The van der Waals surface area contributed by atoms with E-state index in [1.807, 2.05) is 0 Å².